The molecule has 1 fully saturated rings. The standard InChI is InChI=1S/C18H25NO5/c1-3-22-18(21)15-9-4-5-10-16(15)19-17(20)13(2)24-12-14-8-6-7-11-23-14/h4-5,9-10,13-14H,3,6-8,11-12H2,1-2H3,(H,19,20). The minimum Gasteiger partial charge on any atom is -0.462 e. The first-order valence-electron chi connectivity index (χ1n) is 8.42. The number of para-hydroxylation sites is 1. The van der Waals surface area contributed by atoms with Crippen LogP contribution in [0.5, 0.6) is 0 Å². The summed E-state index contributed by atoms with van der Waals surface area (Å²) < 4.78 is 16.2. The summed E-state index contributed by atoms with van der Waals surface area (Å²) in [6, 6.07) is 6.76. The Morgan fingerprint density at radius 1 is 1.33 bits per heavy atom. The molecule has 0 bridgehead atoms. The van der Waals surface area contributed by atoms with Crippen molar-refractivity contribution >= 4 is 17.6 Å². The molecule has 2 unspecified atom stereocenters. The van der Waals surface area contributed by atoms with Crippen molar-refractivity contribution in [2.24, 2.45) is 0 Å². The van der Waals surface area contributed by atoms with Gasteiger partial charge in [0.15, 0.2) is 0 Å². The third-order valence-corrected chi connectivity index (χ3v) is 3.86. The smallest absolute Gasteiger partial charge is 0.340 e. The van der Waals surface area contributed by atoms with E-state index in [1.807, 2.05) is 0 Å². The van der Waals surface area contributed by atoms with Gasteiger partial charge in [-0.15, -0.1) is 0 Å². The fraction of sp³-hybridized carbons (Fsp3) is 0.556. The lowest BCUT2D eigenvalue weighted by Gasteiger charge is -2.24. The molecule has 24 heavy (non-hydrogen) atoms. The first kappa shape index (κ1) is 18.4. The summed E-state index contributed by atoms with van der Waals surface area (Å²) in [5, 5.41) is 2.73. The van der Waals surface area contributed by atoms with Gasteiger partial charge in [0.1, 0.15) is 6.10 Å². The van der Waals surface area contributed by atoms with E-state index in [2.05, 4.69) is 5.32 Å². The van der Waals surface area contributed by atoms with Crippen LogP contribution >= 0.6 is 0 Å². The molecule has 0 spiro atoms. The molecule has 132 valence electrons. The normalized spacial score (nSPS) is 18.7. The Labute approximate surface area is 142 Å². The van der Waals surface area contributed by atoms with Crippen molar-refractivity contribution in [1.29, 1.82) is 0 Å². The maximum absolute atomic E-state index is 12.3. The van der Waals surface area contributed by atoms with E-state index in [1.165, 1.54) is 0 Å². The molecule has 0 radical (unpaired) electrons. The van der Waals surface area contributed by atoms with Crippen LogP contribution in [0.15, 0.2) is 24.3 Å². The van der Waals surface area contributed by atoms with Crippen molar-refractivity contribution in [3.8, 4) is 0 Å². The topological polar surface area (TPSA) is 73.9 Å². The summed E-state index contributed by atoms with van der Waals surface area (Å²) in [7, 11) is 0. The van der Waals surface area contributed by atoms with E-state index < -0.39 is 12.1 Å². The molecule has 1 aliphatic heterocycles. The van der Waals surface area contributed by atoms with Crippen LogP contribution in [0.4, 0.5) is 5.69 Å². The van der Waals surface area contributed by atoms with Crippen molar-refractivity contribution < 1.29 is 23.8 Å². The second-order valence-electron chi connectivity index (χ2n) is 5.72. The first-order chi connectivity index (χ1) is 11.6. The Morgan fingerprint density at radius 3 is 2.83 bits per heavy atom. The number of benzene rings is 1. The molecule has 6 nitrogen and oxygen atoms in total. The van der Waals surface area contributed by atoms with Gasteiger partial charge in [0.25, 0.3) is 5.91 Å². The fourth-order valence-electron chi connectivity index (χ4n) is 2.48. The van der Waals surface area contributed by atoms with E-state index in [0.29, 0.717) is 17.9 Å². The van der Waals surface area contributed by atoms with E-state index in [4.69, 9.17) is 14.2 Å². The number of amides is 1. The van der Waals surface area contributed by atoms with Gasteiger partial charge in [-0.05, 0) is 45.2 Å². The second-order valence-corrected chi connectivity index (χ2v) is 5.72. The highest BCUT2D eigenvalue weighted by Gasteiger charge is 2.20. The van der Waals surface area contributed by atoms with Crippen molar-refractivity contribution in [3.63, 3.8) is 0 Å². The molecule has 1 amide bonds. The number of carbonyl (C=O) groups is 2. The number of rotatable bonds is 7. The fourth-order valence-corrected chi connectivity index (χ4v) is 2.48. The summed E-state index contributed by atoms with van der Waals surface area (Å²) in [6.07, 6.45) is 2.59. The quantitative estimate of drug-likeness (QED) is 0.776. The van der Waals surface area contributed by atoms with Gasteiger partial charge >= 0.3 is 5.97 Å². The largest absolute Gasteiger partial charge is 0.462 e. The zero-order valence-corrected chi connectivity index (χ0v) is 14.2. The van der Waals surface area contributed by atoms with Crippen molar-refractivity contribution in [2.45, 2.75) is 45.3 Å². The molecule has 2 atom stereocenters. The molecule has 6 heteroatoms. The summed E-state index contributed by atoms with van der Waals surface area (Å²) >= 11 is 0. The zero-order valence-electron chi connectivity index (χ0n) is 14.2. The highest BCUT2D eigenvalue weighted by molar-refractivity contribution is 6.02. The van der Waals surface area contributed by atoms with Crippen LogP contribution in [0.2, 0.25) is 0 Å². The van der Waals surface area contributed by atoms with Crippen LogP contribution in [0.25, 0.3) is 0 Å². The Morgan fingerprint density at radius 2 is 2.12 bits per heavy atom. The molecule has 1 aromatic rings. The third kappa shape index (κ3) is 5.32. The SMILES string of the molecule is CCOC(=O)c1ccccc1NC(=O)C(C)OCC1CCCCO1. The van der Waals surface area contributed by atoms with Crippen LogP contribution in [-0.2, 0) is 19.0 Å². The number of hydrogen-bond acceptors (Lipinski definition) is 5. The van der Waals surface area contributed by atoms with Gasteiger partial charge in [-0.25, -0.2) is 4.79 Å². The molecule has 0 saturated carbocycles. The minimum absolute atomic E-state index is 0.0563. The van der Waals surface area contributed by atoms with Gasteiger partial charge in [-0.2, -0.15) is 0 Å². The second kappa shape index (κ2) is 9.39. The molecular formula is C18H25NO5. The Hall–Kier alpha value is -1.92. The highest BCUT2D eigenvalue weighted by atomic mass is 16.5. The van der Waals surface area contributed by atoms with Crippen LogP contribution in [0.1, 0.15) is 43.5 Å². The van der Waals surface area contributed by atoms with Gasteiger partial charge < -0.3 is 19.5 Å². The molecule has 1 saturated heterocycles. The Kier molecular flexibility index (Phi) is 7.21. The summed E-state index contributed by atoms with van der Waals surface area (Å²) in [6.45, 7) is 4.85. The molecular weight excluding hydrogens is 310 g/mol. The summed E-state index contributed by atoms with van der Waals surface area (Å²) in [5.74, 6) is -0.764. The number of anilines is 1. The van der Waals surface area contributed by atoms with Gasteiger partial charge in [0.05, 0.1) is 30.6 Å². The number of ether oxygens (including phenoxy) is 3. The summed E-state index contributed by atoms with van der Waals surface area (Å²) in [4.78, 5) is 24.2. The van der Waals surface area contributed by atoms with E-state index in [9.17, 15) is 9.59 Å². The lowest BCUT2D eigenvalue weighted by Crippen LogP contribution is -2.33. The van der Waals surface area contributed by atoms with Crippen LogP contribution in [0.3, 0.4) is 0 Å². The van der Waals surface area contributed by atoms with Gasteiger partial charge in [-0.1, -0.05) is 12.1 Å². The number of carbonyl (C=O) groups excluding carboxylic acids is 2. The molecule has 0 aromatic heterocycles. The van der Waals surface area contributed by atoms with E-state index in [-0.39, 0.29) is 18.6 Å². The molecule has 2 rings (SSSR count). The lowest BCUT2D eigenvalue weighted by atomic mass is 10.1. The number of nitrogens with one attached hydrogen (secondary N) is 1. The van der Waals surface area contributed by atoms with Crippen LogP contribution in [-0.4, -0.2) is 43.9 Å². The molecule has 1 heterocycles. The predicted octanol–water partition coefficient (Wildman–Crippen LogP) is 2.78. The lowest BCUT2D eigenvalue weighted by molar-refractivity contribution is -0.130. The minimum atomic E-state index is -0.634. The van der Waals surface area contributed by atoms with Gasteiger partial charge in [0.2, 0.25) is 0 Å². The van der Waals surface area contributed by atoms with Crippen molar-refractivity contribution in [1.82, 2.24) is 0 Å². The highest BCUT2D eigenvalue weighted by Crippen LogP contribution is 2.17. The average molecular weight is 335 g/mol. The maximum Gasteiger partial charge on any atom is 0.340 e. The van der Waals surface area contributed by atoms with Gasteiger partial charge in [-0.3, -0.25) is 4.79 Å². The third-order valence-electron chi connectivity index (χ3n) is 3.86. The molecule has 1 N–H and O–H groups in total. The van der Waals surface area contributed by atoms with E-state index >= 15 is 0 Å². The van der Waals surface area contributed by atoms with E-state index in [1.54, 1.807) is 38.1 Å². The van der Waals surface area contributed by atoms with Crippen molar-refractivity contribution in [3.05, 3.63) is 29.8 Å². The van der Waals surface area contributed by atoms with Crippen molar-refractivity contribution in [2.75, 3.05) is 25.1 Å². The van der Waals surface area contributed by atoms with Crippen LogP contribution in [0, 0.1) is 0 Å². The number of esters is 1. The van der Waals surface area contributed by atoms with Gasteiger partial charge in [0, 0.05) is 6.61 Å². The monoisotopic (exact) mass is 335 g/mol. The Balaban J connectivity index is 1.90. The molecule has 1 aliphatic rings. The Bertz CT molecular complexity index is 554. The average Bonchev–Trinajstić information content (AvgIpc) is 2.61. The van der Waals surface area contributed by atoms with Crippen LogP contribution < -0.4 is 5.32 Å². The molecule has 0 aliphatic carbocycles. The summed E-state index contributed by atoms with van der Waals surface area (Å²) in [5.41, 5.74) is 0.751. The molecule has 1 aromatic carbocycles. The number of hydrogen-bond donors (Lipinski definition) is 1. The van der Waals surface area contributed by atoms with E-state index in [0.717, 1.165) is 25.9 Å². The zero-order chi connectivity index (χ0) is 17.4. The maximum atomic E-state index is 12.3. The predicted molar refractivity (Wildman–Crippen MR) is 90.0 cm³/mol. The first-order valence-corrected chi connectivity index (χ1v) is 8.42.